The van der Waals surface area contributed by atoms with E-state index in [2.05, 4.69) is 4.98 Å². The second-order valence-corrected chi connectivity index (χ2v) is 8.02. The number of nitrogens with zero attached hydrogens (tertiary/aromatic N) is 2. The van der Waals surface area contributed by atoms with E-state index in [-0.39, 0.29) is 10.7 Å². The van der Waals surface area contributed by atoms with Crippen LogP contribution in [0.4, 0.5) is 0 Å². The number of pyridine rings is 1. The number of hydrogen-bond donors (Lipinski definition) is 0. The topological polar surface area (TPSA) is 69.0 Å². The molecule has 0 radical (unpaired) electrons. The van der Waals surface area contributed by atoms with E-state index in [1.165, 1.54) is 10.2 Å². The van der Waals surface area contributed by atoms with Gasteiger partial charge in [-0.3, -0.25) is 4.79 Å². The lowest BCUT2D eigenvalue weighted by atomic mass is 10.1. The van der Waals surface area contributed by atoms with E-state index in [9.17, 15) is 13.2 Å². The fraction of sp³-hybridized carbons (Fsp3) is 0.158. The first-order chi connectivity index (χ1) is 11.9. The smallest absolute Gasteiger partial charge is 0.269 e. The van der Waals surface area contributed by atoms with E-state index in [1.54, 1.807) is 42.6 Å². The normalized spacial score (nSPS) is 14.9. The summed E-state index contributed by atoms with van der Waals surface area (Å²) >= 11 is 0. The van der Waals surface area contributed by atoms with E-state index >= 15 is 0 Å². The van der Waals surface area contributed by atoms with Crippen LogP contribution in [-0.2, 0) is 14.8 Å². The SMILES string of the molecule is Cc1ccc(S(=O)(=O)n2ccc3cc(C4=CC(=O)CC4)cnc32)cc1. The summed E-state index contributed by atoms with van der Waals surface area (Å²) in [5.74, 6) is 0.120. The van der Waals surface area contributed by atoms with E-state index in [1.807, 2.05) is 13.0 Å². The molecule has 1 aliphatic rings. The maximum absolute atomic E-state index is 12.9. The summed E-state index contributed by atoms with van der Waals surface area (Å²) in [6.45, 7) is 1.91. The Morgan fingerprint density at radius 1 is 1.08 bits per heavy atom. The summed E-state index contributed by atoms with van der Waals surface area (Å²) in [5.41, 5.74) is 3.20. The number of benzene rings is 1. The Balaban J connectivity index is 1.80. The Labute approximate surface area is 145 Å². The second-order valence-electron chi connectivity index (χ2n) is 6.20. The minimum Gasteiger partial charge on any atom is -0.295 e. The Kier molecular flexibility index (Phi) is 3.58. The molecule has 0 fully saturated rings. The van der Waals surface area contributed by atoms with Crippen LogP contribution in [0.1, 0.15) is 24.0 Å². The van der Waals surface area contributed by atoms with E-state index < -0.39 is 10.0 Å². The molecule has 2 heterocycles. The molecule has 6 heteroatoms. The highest BCUT2D eigenvalue weighted by Crippen LogP contribution is 2.28. The predicted octanol–water partition coefficient (Wildman–Crippen LogP) is 3.33. The van der Waals surface area contributed by atoms with Gasteiger partial charge in [0.15, 0.2) is 11.4 Å². The van der Waals surface area contributed by atoms with Crippen molar-refractivity contribution >= 4 is 32.4 Å². The zero-order valence-electron chi connectivity index (χ0n) is 13.6. The monoisotopic (exact) mass is 352 g/mol. The van der Waals surface area contributed by atoms with Crippen LogP contribution in [0.5, 0.6) is 0 Å². The van der Waals surface area contributed by atoms with Gasteiger partial charge in [0.05, 0.1) is 4.90 Å². The zero-order valence-corrected chi connectivity index (χ0v) is 14.5. The first-order valence-corrected chi connectivity index (χ1v) is 9.42. The van der Waals surface area contributed by atoms with Crippen molar-refractivity contribution in [2.75, 3.05) is 0 Å². The van der Waals surface area contributed by atoms with Crippen LogP contribution in [0.25, 0.3) is 16.6 Å². The summed E-state index contributed by atoms with van der Waals surface area (Å²) in [6, 6.07) is 10.4. The third-order valence-corrected chi connectivity index (χ3v) is 6.10. The summed E-state index contributed by atoms with van der Waals surface area (Å²) in [4.78, 5) is 16.0. The minimum atomic E-state index is -3.69. The van der Waals surface area contributed by atoms with Crippen LogP contribution in [0, 0.1) is 6.92 Å². The van der Waals surface area contributed by atoms with Gasteiger partial charge in [-0.05, 0) is 54.8 Å². The van der Waals surface area contributed by atoms with Gasteiger partial charge in [0.2, 0.25) is 0 Å². The fourth-order valence-corrected chi connectivity index (χ4v) is 4.33. The quantitative estimate of drug-likeness (QED) is 0.725. The molecule has 0 spiro atoms. The molecular formula is C19H16N2O3S. The Morgan fingerprint density at radius 2 is 1.84 bits per heavy atom. The number of carbonyl (C=O) groups excluding carboxylic acids is 1. The number of carbonyl (C=O) groups is 1. The third-order valence-electron chi connectivity index (χ3n) is 4.42. The molecule has 0 aliphatic heterocycles. The second kappa shape index (κ2) is 5.67. The molecule has 3 aromatic rings. The number of ketones is 1. The van der Waals surface area contributed by atoms with Crippen molar-refractivity contribution in [3.05, 3.63) is 66.0 Å². The molecule has 25 heavy (non-hydrogen) atoms. The molecule has 0 unspecified atom stereocenters. The van der Waals surface area contributed by atoms with Crippen molar-refractivity contribution in [1.29, 1.82) is 0 Å². The standard InChI is InChI=1S/C19H16N2O3S/c1-13-2-6-18(7-3-13)25(23,24)21-9-8-15-10-16(12-20-19(15)21)14-4-5-17(22)11-14/h2-3,6-12H,4-5H2,1H3. The van der Waals surface area contributed by atoms with E-state index in [0.29, 0.717) is 18.5 Å². The van der Waals surface area contributed by atoms with E-state index in [4.69, 9.17) is 0 Å². The van der Waals surface area contributed by atoms with Gasteiger partial charge in [0, 0.05) is 24.2 Å². The van der Waals surface area contributed by atoms with Crippen molar-refractivity contribution < 1.29 is 13.2 Å². The number of rotatable bonds is 3. The highest BCUT2D eigenvalue weighted by atomic mass is 32.2. The molecule has 1 aromatic carbocycles. The predicted molar refractivity (Wildman–Crippen MR) is 95.7 cm³/mol. The summed E-state index contributed by atoms with van der Waals surface area (Å²) in [5, 5.41) is 0.730. The first kappa shape index (κ1) is 15.8. The molecule has 1 aliphatic carbocycles. The van der Waals surface area contributed by atoms with Crippen LogP contribution in [-0.4, -0.2) is 23.2 Å². The van der Waals surface area contributed by atoms with Crippen LogP contribution in [0.2, 0.25) is 0 Å². The Bertz CT molecular complexity index is 1120. The fourth-order valence-electron chi connectivity index (χ4n) is 3.02. The molecule has 0 N–H and O–H groups in total. The number of hydrogen-bond acceptors (Lipinski definition) is 4. The molecule has 5 nitrogen and oxygen atoms in total. The molecular weight excluding hydrogens is 336 g/mol. The summed E-state index contributed by atoms with van der Waals surface area (Å²) in [6.07, 6.45) is 6.02. The molecule has 0 saturated heterocycles. The largest absolute Gasteiger partial charge is 0.295 e. The van der Waals surface area contributed by atoms with Crippen LogP contribution >= 0.6 is 0 Å². The molecule has 0 bridgehead atoms. The van der Waals surface area contributed by atoms with Crippen molar-refractivity contribution in [1.82, 2.24) is 8.96 Å². The van der Waals surface area contributed by atoms with Crippen molar-refractivity contribution in [2.24, 2.45) is 0 Å². The molecule has 0 saturated carbocycles. The lowest BCUT2D eigenvalue weighted by Gasteiger charge is -2.08. The van der Waals surface area contributed by atoms with Crippen LogP contribution in [0.15, 0.2) is 59.8 Å². The van der Waals surface area contributed by atoms with Gasteiger partial charge in [-0.2, -0.15) is 0 Å². The van der Waals surface area contributed by atoms with Gasteiger partial charge in [-0.1, -0.05) is 17.7 Å². The number of allylic oxidation sites excluding steroid dienone is 2. The average molecular weight is 352 g/mol. The number of aromatic nitrogens is 2. The zero-order chi connectivity index (χ0) is 17.6. The molecule has 4 rings (SSSR count). The van der Waals surface area contributed by atoms with Gasteiger partial charge < -0.3 is 0 Å². The maximum atomic E-state index is 12.9. The van der Waals surface area contributed by atoms with Gasteiger partial charge in [-0.25, -0.2) is 17.4 Å². The first-order valence-electron chi connectivity index (χ1n) is 7.98. The highest BCUT2D eigenvalue weighted by molar-refractivity contribution is 7.90. The van der Waals surface area contributed by atoms with Gasteiger partial charge in [-0.15, -0.1) is 0 Å². The van der Waals surface area contributed by atoms with Gasteiger partial charge >= 0.3 is 0 Å². The molecule has 0 amide bonds. The molecule has 126 valence electrons. The van der Waals surface area contributed by atoms with Crippen molar-refractivity contribution in [2.45, 2.75) is 24.7 Å². The van der Waals surface area contributed by atoms with Crippen LogP contribution < -0.4 is 0 Å². The lowest BCUT2D eigenvalue weighted by molar-refractivity contribution is -0.114. The highest BCUT2D eigenvalue weighted by Gasteiger charge is 2.20. The summed E-state index contributed by atoms with van der Waals surface area (Å²) in [7, 11) is -3.69. The number of fused-ring (bicyclic) bond motifs is 1. The Hall–Kier alpha value is -2.73. The lowest BCUT2D eigenvalue weighted by Crippen LogP contribution is -2.12. The van der Waals surface area contributed by atoms with E-state index in [0.717, 1.165) is 22.1 Å². The van der Waals surface area contributed by atoms with Crippen LogP contribution in [0.3, 0.4) is 0 Å². The number of aryl methyl sites for hydroxylation is 1. The minimum absolute atomic E-state index is 0.120. The van der Waals surface area contributed by atoms with Gasteiger partial charge in [0.1, 0.15) is 0 Å². The average Bonchev–Trinajstić information content (AvgIpc) is 3.21. The maximum Gasteiger partial charge on any atom is 0.269 e. The molecule has 0 atom stereocenters. The summed E-state index contributed by atoms with van der Waals surface area (Å²) < 4.78 is 26.9. The van der Waals surface area contributed by atoms with Gasteiger partial charge in [0.25, 0.3) is 10.0 Å². The van der Waals surface area contributed by atoms with Crippen molar-refractivity contribution in [3.8, 4) is 0 Å². The Morgan fingerprint density at radius 3 is 2.52 bits per heavy atom. The van der Waals surface area contributed by atoms with Crippen molar-refractivity contribution in [3.63, 3.8) is 0 Å². The third kappa shape index (κ3) is 2.68. The molecule has 2 aromatic heterocycles.